The van der Waals surface area contributed by atoms with E-state index >= 15 is 0 Å². The molecule has 0 unspecified atom stereocenters. The highest BCUT2D eigenvalue weighted by molar-refractivity contribution is 9.10. The summed E-state index contributed by atoms with van der Waals surface area (Å²) in [6.07, 6.45) is 0. The third-order valence-corrected chi connectivity index (χ3v) is 5.25. The zero-order valence-electron chi connectivity index (χ0n) is 10.1. The molecule has 2 aromatic rings. The Kier molecular flexibility index (Phi) is 4.80. The topological polar surface area (TPSA) is 46.2 Å². The van der Waals surface area contributed by atoms with E-state index in [1.165, 1.54) is 0 Å². The average Bonchev–Trinajstić information content (AvgIpc) is 2.37. The molecule has 0 heterocycles. The Hall–Kier alpha value is -0.950. The monoisotopic (exact) mass is 377 g/mol. The van der Waals surface area contributed by atoms with Gasteiger partial charge < -0.3 is 0 Å². The lowest BCUT2D eigenvalue weighted by molar-refractivity contribution is 0.580. The molecule has 0 atom stereocenters. The minimum atomic E-state index is -3.79. The van der Waals surface area contributed by atoms with Gasteiger partial charge >= 0.3 is 0 Å². The predicted octanol–water partition coefficient (Wildman–Crippen LogP) is 3.72. The minimum Gasteiger partial charge on any atom is -0.207 e. The molecule has 0 aromatic heterocycles. The van der Waals surface area contributed by atoms with Crippen molar-refractivity contribution in [3.63, 3.8) is 0 Å². The number of hydrogen-bond acceptors (Lipinski definition) is 2. The molecule has 0 saturated carbocycles. The van der Waals surface area contributed by atoms with Gasteiger partial charge in [-0.2, -0.15) is 0 Å². The van der Waals surface area contributed by atoms with Gasteiger partial charge in [-0.05, 0) is 29.8 Å². The minimum absolute atomic E-state index is 0.109. The summed E-state index contributed by atoms with van der Waals surface area (Å²) in [5.74, 6) is -0.584. The Labute approximate surface area is 130 Å². The Morgan fingerprint density at radius 1 is 1.20 bits per heavy atom. The van der Waals surface area contributed by atoms with E-state index in [4.69, 9.17) is 11.6 Å². The SMILES string of the molecule is O=S(=O)(NCc1ccccc1Br)c1ccc(F)cc1Cl. The third-order valence-electron chi connectivity index (χ3n) is 2.59. The summed E-state index contributed by atoms with van der Waals surface area (Å²) in [5.41, 5.74) is 0.786. The van der Waals surface area contributed by atoms with Crippen LogP contribution in [0.3, 0.4) is 0 Å². The summed E-state index contributed by atoms with van der Waals surface area (Å²) in [4.78, 5) is -0.146. The maximum absolute atomic E-state index is 12.9. The van der Waals surface area contributed by atoms with Crippen molar-refractivity contribution < 1.29 is 12.8 Å². The molecule has 7 heteroatoms. The van der Waals surface area contributed by atoms with Crippen LogP contribution in [0.4, 0.5) is 4.39 Å². The molecule has 106 valence electrons. The van der Waals surface area contributed by atoms with Gasteiger partial charge in [0.2, 0.25) is 10.0 Å². The van der Waals surface area contributed by atoms with E-state index in [1.54, 1.807) is 12.1 Å². The fourth-order valence-electron chi connectivity index (χ4n) is 1.59. The van der Waals surface area contributed by atoms with Gasteiger partial charge in [-0.15, -0.1) is 0 Å². The van der Waals surface area contributed by atoms with Crippen molar-refractivity contribution in [1.29, 1.82) is 0 Å². The molecule has 2 aromatic carbocycles. The quantitative estimate of drug-likeness (QED) is 0.881. The number of halogens is 3. The molecular formula is C13H10BrClFNO2S. The highest BCUT2D eigenvalue weighted by Crippen LogP contribution is 2.23. The average molecular weight is 379 g/mol. The van der Waals surface area contributed by atoms with E-state index in [1.807, 2.05) is 12.1 Å². The molecule has 0 spiro atoms. The zero-order chi connectivity index (χ0) is 14.8. The van der Waals surface area contributed by atoms with Gasteiger partial charge in [0, 0.05) is 11.0 Å². The van der Waals surface area contributed by atoms with E-state index in [0.717, 1.165) is 28.2 Å². The van der Waals surface area contributed by atoms with Crippen LogP contribution in [0, 0.1) is 5.82 Å². The molecule has 0 aliphatic rings. The predicted molar refractivity (Wildman–Crippen MR) is 79.6 cm³/mol. The van der Waals surface area contributed by atoms with Crippen molar-refractivity contribution in [2.24, 2.45) is 0 Å². The first-order chi connectivity index (χ1) is 9.40. The van der Waals surface area contributed by atoms with Crippen molar-refractivity contribution in [3.8, 4) is 0 Å². The fraction of sp³-hybridized carbons (Fsp3) is 0.0769. The molecular weight excluding hydrogens is 369 g/mol. The van der Waals surface area contributed by atoms with Crippen LogP contribution in [0.15, 0.2) is 51.8 Å². The van der Waals surface area contributed by atoms with Crippen LogP contribution < -0.4 is 4.72 Å². The second kappa shape index (κ2) is 6.22. The van der Waals surface area contributed by atoms with Gasteiger partial charge in [0.15, 0.2) is 0 Å². The second-order valence-electron chi connectivity index (χ2n) is 3.99. The summed E-state index contributed by atoms with van der Waals surface area (Å²) in [7, 11) is -3.79. The van der Waals surface area contributed by atoms with E-state index in [9.17, 15) is 12.8 Å². The van der Waals surface area contributed by atoms with Crippen molar-refractivity contribution in [2.75, 3.05) is 0 Å². The first-order valence-corrected chi connectivity index (χ1v) is 8.24. The molecule has 20 heavy (non-hydrogen) atoms. The van der Waals surface area contributed by atoms with Crippen LogP contribution in [0.25, 0.3) is 0 Å². The van der Waals surface area contributed by atoms with Crippen LogP contribution in [0.2, 0.25) is 5.02 Å². The number of sulfonamides is 1. The lowest BCUT2D eigenvalue weighted by Gasteiger charge is -2.09. The first kappa shape index (κ1) is 15.4. The van der Waals surface area contributed by atoms with E-state index < -0.39 is 15.8 Å². The maximum Gasteiger partial charge on any atom is 0.242 e. The zero-order valence-corrected chi connectivity index (χ0v) is 13.3. The van der Waals surface area contributed by atoms with Gasteiger partial charge in [0.25, 0.3) is 0 Å². The molecule has 0 radical (unpaired) electrons. The molecule has 0 aliphatic heterocycles. The smallest absolute Gasteiger partial charge is 0.207 e. The Balaban J connectivity index is 2.22. The molecule has 3 nitrogen and oxygen atoms in total. The lowest BCUT2D eigenvalue weighted by atomic mass is 10.2. The van der Waals surface area contributed by atoms with Crippen molar-refractivity contribution >= 4 is 37.6 Å². The number of benzene rings is 2. The first-order valence-electron chi connectivity index (χ1n) is 5.58. The molecule has 0 saturated heterocycles. The summed E-state index contributed by atoms with van der Waals surface area (Å²) in [6, 6.07) is 10.4. The standard InChI is InChI=1S/C13H10BrClFNO2S/c14-11-4-2-1-3-9(11)8-17-20(18,19)13-6-5-10(16)7-12(13)15/h1-7,17H,8H2. The van der Waals surface area contributed by atoms with Gasteiger partial charge in [0.05, 0.1) is 5.02 Å². The molecule has 0 bridgehead atoms. The van der Waals surface area contributed by atoms with E-state index in [-0.39, 0.29) is 16.5 Å². The summed E-state index contributed by atoms with van der Waals surface area (Å²) in [5, 5.41) is -0.148. The van der Waals surface area contributed by atoms with Gasteiger partial charge in [-0.1, -0.05) is 45.7 Å². The van der Waals surface area contributed by atoms with Crippen molar-refractivity contribution in [2.45, 2.75) is 11.4 Å². The molecule has 0 fully saturated rings. The van der Waals surface area contributed by atoms with E-state index in [2.05, 4.69) is 20.7 Å². The molecule has 0 aliphatic carbocycles. The highest BCUT2D eigenvalue weighted by Gasteiger charge is 2.18. The summed E-state index contributed by atoms with van der Waals surface area (Å²) < 4.78 is 40.4. The van der Waals surface area contributed by atoms with Gasteiger partial charge in [-0.25, -0.2) is 17.5 Å². The maximum atomic E-state index is 12.9. The van der Waals surface area contributed by atoms with Gasteiger partial charge in [0.1, 0.15) is 10.7 Å². The lowest BCUT2D eigenvalue weighted by Crippen LogP contribution is -2.23. The second-order valence-corrected chi connectivity index (χ2v) is 6.99. The number of nitrogens with one attached hydrogen (secondary N) is 1. The Morgan fingerprint density at radius 2 is 1.90 bits per heavy atom. The van der Waals surface area contributed by atoms with Gasteiger partial charge in [-0.3, -0.25) is 0 Å². The molecule has 2 rings (SSSR count). The fourth-order valence-corrected chi connectivity index (χ4v) is 3.55. The Bertz CT molecular complexity index is 737. The largest absolute Gasteiger partial charge is 0.242 e. The summed E-state index contributed by atoms with van der Waals surface area (Å²) in [6.45, 7) is 0.109. The number of rotatable bonds is 4. The number of hydrogen-bond donors (Lipinski definition) is 1. The van der Waals surface area contributed by atoms with E-state index in [0.29, 0.717) is 0 Å². The van der Waals surface area contributed by atoms with Crippen LogP contribution in [0.5, 0.6) is 0 Å². The normalized spacial score (nSPS) is 11.6. The molecule has 0 amide bonds. The van der Waals surface area contributed by atoms with Crippen molar-refractivity contribution in [1.82, 2.24) is 4.72 Å². The highest BCUT2D eigenvalue weighted by atomic mass is 79.9. The third kappa shape index (κ3) is 3.58. The van der Waals surface area contributed by atoms with Crippen LogP contribution in [-0.4, -0.2) is 8.42 Å². The Morgan fingerprint density at radius 3 is 2.55 bits per heavy atom. The van der Waals surface area contributed by atoms with Crippen LogP contribution in [-0.2, 0) is 16.6 Å². The van der Waals surface area contributed by atoms with Crippen LogP contribution in [0.1, 0.15) is 5.56 Å². The van der Waals surface area contributed by atoms with Crippen LogP contribution >= 0.6 is 27.5 Å². The molecule has 1 N–H and O–H groups in total. The van der Waals surface area contributed by atoms with Crippen molar-refractivity contribution in [3.05, 3.63) is 63.3 Å². The summed E-state index contributed by atoms with van der Waals surface area (Å²) >= 11 is 9.09.